The lowest BCUT2D eigenvalue weighted by atomic mass is 9.94. The summed E-state index contributed by atoms with van der Waals surface area (Å²) in [6, 6.07) is 5.80. The molecule has 1 amide bonds. The predicted molar refractivity (Wildman–Crippen MR) is 73.3 cm³/mol. The van der Waals surface area contributed by atoms with Gasteiger partial charge in [0.2, 0.25) is 0 Å². The Kier molecular flexibility index (Phi) is 4.54. The molecule has 20 heavy (non-hydrogen) atoms. The summed E-state index contributed by atoms with van der Waals surface area (Å²) in [6.45, 7) is 2.84. The first kappa shape index (κ1) is 16.2. The maximum Gasteiger partial charge on any atom is 0.310 e. The normalized spacial score (nSPS) is 11.9. The molecular weight excluding hydrogens is 282 g/mol. The summed E-state index contributed by atoms with van der Waals surface area (Å²) in [5.41, 5.74) is -1.12. The number of nitrogens with one attached hydrogen (secondary N) is 1. The molecule has 1 aromatic rings. The van der Waals surface area contributed by atoms with E-state index in [1.807, 2.05) is 0 Å². The standard InChI is InChI=1S/C13H17NO5S/c1-13(2,12(16)17)8-14-11(15)9-6-4-5-7-10(9)20(3,18)19/h4-7H,8H2,1-3H3,(H,14,15)(H,16,17). The number of aliphatic carboxylic acids is 1. The predicted octanol–water partition coefficient (Wildman–Crippen LogP) is 0.931. The van der Waals surface area contributed by atoms with Crippen molar-refractivity contribution in [1.82, 2.24) is 5.32 Å². The second-order valence-electron chi connectivity index (χ2n) is 5.14. The van der Waals surface area contributed by atoms with Crippen LogP contribution in [0.1, 0.15) is 24.2 Å². The molecule has 1 aromatic carbocycles. The van der Waals surface area contributed by atoms with E-state index in [2.05, 4.69) is 5.32 Å². The summed E-state index contributed by atoms with van der Waals surface area (Å²) in [5, 5.41) is 11.4. The lowest BCUT2D eigenvalue weighted by Gasteiger charge is -2.19. The van der Waals surface area contributed by atoms with Crippen LogP contribution < -0.4 is 5.32 Å². The van der Waals surface area contributed by atoms with Gasteiger partial charge in [-0.25, -0.2) is 8.42 Å². The van der Waals surface area contributed by atoms with Crippen molar-refractivity contribution in [2.45, 2.75) is 18.7 Å². The molecule has 0 heterocycles. The van der Waals surface area contributed by atoms with Gasteiger partial charge in [-0.05, 0) is 26.0 Å². The van der Waals surface area contributed by atoms with Gasteiger partial charge in [-0.3, -0.25) is 9.59 Å². The third-order valence-corrected chi connectivity index (χ3v) is 3.96. The highest BCUT2D eigenvalue weighted by atomic mass is 32.2. The van der Waals surface area contributed by atoms with Gasteiger partial charge in [0.1, 0.15) is 0 Å². The van der Waals surface area contributed by atoms with Crippen molar-refractivity contribution in [3.63, 3.8) is 0 Å². The number of carboxylic acids is 1. The van der Waals surface area contributed by atoms with Gasteiger partial charge in [0.25, 0.3) is 5.91 Å². The minimum atomic E-state index is -3.53. The Hall–Kier alpha value is -1.89. The number of rotatable bonds is 5. The number of amides is 1. The second-order valence-corrected chi connectivity index (χ2v) is 7.12. The summed E-state index contributed by atoms with van der Waals surface area (Å²) in [5.74, 6) is -1.66. The number of carbonyl (C=O) groups is 2. The van der Waals surface area contributed by atoms with Crippen LogP contribution in [0, 0.1) is 5.41 Å². The van der Waals surface area contributed by atoms with E-state index >= 15 is 0 Å². The number of carboxylic acid groups (broad SMARTS) is 1. The first-order valence-corrected chi connectivity index (χ1v) is 7.75. The largest absolute Gasteiger partial charge is 0.481 e. The van der Waals surface area contributed by atoms with Crippen LogP contribution in [0.4, 0.5) is 0 Å². The highest BCUT2D eigenvalue weighted by Gasteiger charge is 2.28. The van der Waals surface area contributed by atoms with Crippen molar-refractivity contribution in [2.24, 2.45) is 5.41 Å². The van der Waals surface area contributed by atoms with Gasteiger partial charge >= 0.3 is 5.97 Å². The number of benzene rings is 1. The molecule has 0 aliphatic rings. The van der Waals surface area contributed by atoms with Crippen LogP contribution in [-0.2, 0) is 14.6 Å². The smallest absolute Gasteiger partial charge is 0.310 e. The lowest BCUT2D eigenvalue weighted by Crippen LogP contribution is -2.39. The summed E-state index contributed by atoms with van der Waals surface area (Å²) in [7, 11) is -3.53. The fourth-order valence-electron chi connectivity index (χ4n) is 1.45. The maximum absolute atomic E-state index is 12.0. The zero-order valence-corrected chi connectivity index (χ0v) is 12.3. The maximum atomic E-state index is 12.0. The first-order chi connectivity index (χ1) is 9.05. The highest BCUT2D eigenvalue weighted by Crippen LogP contribution is 2.17. The first-order valence-electron chi connectivity index (χ1n) is 5.86. The average Bonchev–Trinajstić information content (AvgIpc) is 2.35. The van der Waals surface area contributed by atoms with Crippen LogP contribution in [0.5, 0.6) is 0 Å². The Balaban J connectivity index is 2.98. The topological polar surface area (TPSA) is 101 Å². The van der Waals surface area contributed by atoms with E-state index in [1.54, 1.807) is 6.07 Å². The quantitative estimate of drug-likeness (QED) is 0.842. The van der Waals surface area contributed by atoms with Crippen molar-refractivity contribution in [3.05, 3.63) is 29.8 Å². The fourth-order valence-corrected chi connectivity index (χ4v) is 2.34. The lowest BCUT2D eigenvalue weighted by molar-refractivity contribution is -0.146. The molecule has 0 unspecified atom stereocenters. The Morgan fingerprint density at radius 2 is 1.80 bits per heavy atom. The van der Waals surface area contributed by atoms with Crippen LogP contribution in [0.3, 0.4) is 0 Å². The number of sulfone groups is 1. The zero-order chi connectivity index (χ0) is 15.6. The summed E-state index contributed by atoms with van der Waals surface area (Å²) >= 11 is 0. The van der Waals surface area contributed by atoms with Gasteiger partial charge in [-0.1, -0.05) is 12.1 Å². The zero-order valence-electron chi connectivity index (χ0n) is 11.5. The third kappa shape index (κ3) is 3.80. The Morgan fingerprint density at radius 3 is 2.30 bits per heavy atom. The average molecular weight is 299 g/mol. The SMILES string of the molecule is CC(C)(CNC(=O)c1ccccc1S(C)(=O)=O)C(=O)O. The monoisotopic (exact) mass is 299 g/mol. The van der Waals surface area contributed by atoms with Crippen molar-refractivity contribution >= 4 is 21.7 Å². The summed E-state index contributed by atoms with van der Waals surface area (Å²) in [4.78, 5) is 22.9. The fraction of sp³-hybridized carbons (Fsp3) is 0.385. The van der Waals surface area contributed by atoms with Gasteiger partial charge in [0, 0.05) is 12.8 Å². The molecule has 7 heteroatoms. The molecule has 0 atom stereocenters. The minimum Gasteiger partial charge on any atom is -0.481 e. The molecule has 0 fully saturated rings. The van der Waals surface area contributed by atoms with Crippen LogP contribution in [-0.4, -0.2) is 38.2 Å². The Labute approximate surface area is 117 Å². The third-order valence-electron chi connectivity index (χ3n) is 2.80. The minimum absolute atomic E-state index is 0.0104. The molecule has 0 spiro atoms. The van der Waals surface area contributed by atoms with Crippen molar-refractivity contribution in [1.29, 1.82) is 0 Å². The van der Waals surface area contributed by atoms with Gasteiger partial charge in [-0.2, -0.15) is 0 Å². The molecular formula is C13H17NO5S. The van der Waals surface area contributed by atoms with Crippen molar-refractivity contribution in [2.75, 3.05) is 12.8 Å². The number of carbonyl (C=O) groups excluding carboxylic acids is 1. The molecule has 0 aromatic heterocycles. The van der Waals surface area contributed by atoms with Crippen molar-refractivity contribution < 1.29 is 23.1 Å². The summed E-state index contributed by atoms with van der Waals surface area (Å²) in [6.07, 6.45) is 1.01. The molecule has 2 N–H and O–H groups in total. The molecule has 0 saturated heterocycles. The van der Waals surface area contributed by atoms with Gasteiger partial charge in [-0.15, -0.1) is 0 Å². The van der Waals surface area contributed by atoms with E-state index in [0.717, 1.165) is 6.26 Å². The molecule has 0 saturated carbocycles. The van der Waals surface area contributed by atoms with E-state index in [0.29, 0.717) is 0 Å². The Morgan fingerprint density at radius 1 is 1.25 bits per heavy atom. The van der Waals surface area contributed by atoms with Crippen LogP contribution in [0.25, 0.3) is 0 Å². The van der Waals surface area contributed by atoms with Gasteiger partial charge in [0.15, 0.2) is 9.84 Å². The molecule has 110 valence electrons. The van der Waals surface area contributed by atoms with E-state index in [1.165, 1.54) is 32.0 Å². The molecule has 0 radical (unpaired) electrons. The van der Waals surface area contributed by atoms with Crippen LogP contribution >= 0.6 is 0 Å². The van der Waals surface area contributed by atoms with E-state index in [-0.39, 0.29) is 17.0 Å². The molecule has 0 bridgehead atoms. The molecule has 0 aliphatic carbocycles. The number of hydrogen-bond donors (Lipinski definition) is 2. The highest BCUT2D eigenvalue weighted by molar-refractivity contribution is 7.90. The van der Waals surface area contributed by atoms with Crippen molar-refractivity contribution in [3.8, 4) is 0 Å². The van der Waals surface area contributed by atoms with Gasteiger partial charge < -0.3 is 10.4 Å². The van der Waals surface area contributed by atoms with E-state index in [4.69, 9.17) is 5.11 Å². The molecule has 1 rings (SSSR count). The Bertz CT molecular complexity index is 634. The summed E-state index contributed by atoms with van der Waals surface area (Å²) < 4.78 is 23.2. The second kappa shape index (κ2) is 5.62. The van der Waals surface area contributed by atoms with E-state index < -0.39 is 27.1 Å². The van der Waals surface area contributed by atoms with E-state index in [9.17, 15) is 18.0 Å². The molecule has 6 nitrogen and oxygen atoms in total. The number of hydrogen-bond acceptors (Lipinski definition) is 4. The van der Waals surface area contributed by atoms with Crippen LogP contribution in [0.2, 0.25) is 0 Å². The van der Waals surface area contributed by atoms with Crippen LogP contribution in [0.15, 0.2) is 29.2 Å². The van der Waals surface area contributed by atoms with Gasteiger partial charge in [0.05, 0.1) is 15.9 Å². The molecule has 0 aliphatic heterocycles.